The molecule has 0 aliphatic rings. The van der Waals surface area contributed by atoms with E-state index in [-0.39, 0.29) is 10.9 Å². The van der Waals surface area contributed by atoms with Gasteiger partial charge in [0.05, 0.1) is 5.69 Å². The van der Waals surface area contributed by atoms with Crippen molar-refractivity contribution >= 4 is 22.6 Å². The van der Waals surface area contributed by atoms with Crippen molar-refractivity contribution in [2.24, 2.45) is 4.99 Å². The lowest BCUT2D eigenvalue weighted by atomic mass is 10.1. The first-order valence-electron chi connectivity index (χ1n) is 5.05. The third-order valence-electron chi connectivity index (χ3n) is 2.15. The molecular weight excluding hydrogens is 301 g/mol. The third-order valence-corrected chi connectivity index (χ3v) is 2.73. The zero-order valence-electron chi connectivity index (χ0n) is 10.0. The van der Waals surface area contributed by atoms with Gasteiger partial charge in [-0.2, -0.15) is 27.2 Å². The zero-order valence-corrected chi connectivity index (χ0v) is 10.8. The van der Waals surface area contributed by atoms with E-state index in [1.165, 1.54) is 6.07 Å². The number of halogens is 5. The van der Waals surface area contributed by atoms with Gasteiger partial charge in [0.1, 0.15) is 0 Å². The molecule has 0 atom stereocenters. The van der Waals surface area contributed by atoms with Crippen LogP contribution in [0.5, 0.6) is 0 Å². The van der Waals surface area contributed by atoms with Crippen LogP contribution in [0.1, 0.15) is 5.56 Å². The predicted molar refractivity (Wildman–Crippen MR) is 65.7 cm³/mol. The first kappa shape index (κ1) is 16.2. The van der Waals surface area contributed by atoms with Gasteiger partial charge in [0, 0.05) is 5.56 Å². The standard InChI is InChI=1S/C11H8F5N3S/c1-20-9(18-6-17)19-8-4-2-3-7(5-8)10(12,13)11(14,15)16/h2-5H,1H3,(H,18,19). The van der Waals surface area contributed by atoms with E-state index in [1.807, 2.05) is 0 Å². The molecule has 0 saturated carbocycles. The normalized spacial score (nSPS) is 12.9. The zero-order chi connectivity index (χ0) is 15.4. The van der Waals surface area contributed by atoms with Crippen molar-refractivity contribution in [3.63, 3.8) is 0 Å². The molecule has 3 nitrogen and oxygen atoms in total. The molecule has 0 radical (unpaired) electrons. The summed E-state index contributed by atoms with van der Waals surface area (Å²) in [5.74, 6) is -4.96. The lowest BCUT2D eigenvalue weighted by molar-refractivity contribution is -0.289. The molecule has 0 aliphatic carbocycles. The van der Waals surface area contributed by atoms with E-state index < -0.39 is 17.7 Å². The minimum absolute atomic E-state index is 0.0833. The van der Waals surface area contributed by atoms with Crippen molar-refractivity contribution < 1.29 is 22.0 Å². The molecule has 1 rings (SSSR count). The first-order chi connectivity index (χ1) is 9.22. The maximum absolute atomic E-state index is 13.2. The van der Waals surface area contributed by atoms with E-state index >= 15 is 0 Å². The van der Waals surface area contributed by atoms with Crippen LogP contribution in [0.3, 0.4) is 0 Å². The largest absolute Gasteiger partial charge is 0.458 e. The second-order valence-corrected chi connectivity index (χ2v) is 4.28. The number of nitrogens with zero attached hydrogens (tertiary/aromatic N) is 2. The fraction of sp³-hybridized carbons (Fsp3) is 0.273. The van der Waals surface area contributed by atoms with E-state index in [4.69, 9.17) is 5.26 Å². The SMILES string of the molecule is CSC(=Nc1cccc(C(F)(F)C(F)(F)F)c1)NC#N. The Balaban J connectivity index is 3.18. The summed E-state index contributed by atoms with van der Waals surface area (Å²) in [7, 11) is 0. The van der Waals surface area contributed by atoms with Crippen molar-refractivity contribution in [3.8, 4) is 6.19 Å². The number of thioether (sulfide) groups is 1. The lowest BCUT2D eigenvalue weighted by Crippen LogP contribution is -2.33. The van der Waals surface area contributed by atoms with Crippen LogP contribution < -0.4 is 5.32 Å². The molecule has 0 aromatic heterocycles. The van der Waals surface area contributed by atoms with Gasteiger partial charge < -0.3 is 0 Å². The number of aliphatic imine (C=N–C) groups is 1. The van der Waals surface area contributed by atoms with Crippen LogP contribution in [-0.4, -0.2) is 17.6 Å². The number of benzene rings is 1. The van der Waals surface area contributed by atoms with E-state index in [1.54, 1.807) is 12.4 Å². The van der Waals surface area contributed by atoms with Gasteiger partial charge in [0.15, 0.2) is 11.4 Å². The molecule has 0 saturated heterocycles. The Labute approximate surface area is 115 Å². The molecule has 1 aromatic carbocycles. The fourth-order valence-electron chi connectivity index (χ4n) is 1.22. The van der Waals surface area contributed by atoms with Gasteiger partial charge in [-0.1, -0.05) is 23.9 Å². The van der Waals surface area contributed by atoms with Gasteiger partial charge in [-0.25, -0.2) is 4.99 Å². The minimum Gasteiger partial charge on any atom is -0.271 e. The molecule has 0 bridgehead atoms. The number of alkyl halides is 5. The molecule has 0 heterocycles. The van der Waals surface area contributed by atoms with E-state index in [0.29, 0.717) is 12.1 Å². The number of amidine groups is 1. The van der Waals surface area contributed by atoms with Crippen molar-refractivity contribution in [3.05, 3.63) is 29.8 Å². The summed E-state index contributed by atoms with van der Waals surface area (Å²) in [6, 6.07) is 3.59. The summed E-state index contributed by atoms with van der Waals surface area (Å²) in [5.41, 5.74) is -1.32. The number of hydrogen-bond acceptors (Lipinski definition) is 3. The minimum atomic E-state index is -5.68. The van der Waals surface area contributed by atoms with Crippen molar-refractivity contribution in [2.45, 2.75) is 12.1 Å². The van der Waals surface area contributed by atoms with E-state index in [0.717, 1.165) is 17.8 Å². The third kappa shape index (κ3) is 3.60. The molecule has 0 fully saturated rings. The summed E-state index contributed by atoms with van der Waals surface area (Å²) in [5, 5.41) is 10.7. The highest BCUT2D eigenvalue weighted by Gasteiger charge is 2.58. The molecule has 108 valence electrons. The molecule has 0 unspecified atom stereocenters. The first-order valence-corrected chi connectivity index (χ1v) is 6.27. The number of rotatable bonds is 2. The Kier molecular flexibility index (Phi) is 4.94. The van der Waals surface area contributed by atoms with Crippen molar-refractivity contribution in [1.82, 2.24) is 5.32 Å². The highest BCUT2D eigenvalue weighted by Crippen LogP contribution is 2.44. The van der Waals surface area contributed by atoms with Gasteiger partial charge in [0.25, 0.3) is 0 Å². The molecule has 1 aromatic rings. The van der Waals surface area contributed by atoms with Crippen molar-refractivity contribution in [1.29, 1.82) is 5.26 Å². The second kappa shape index (κ2) is 6.09. The lowest BCUT2D eigenvalue weighted by Gasteiger charge is -2.19. The molecule has 9 heteroatoms. The average Bonchev–Trinajstić information content (AvgIpc) is 2.37. The van der Waals surface area contributed by atoms with Crippen LogP contribution in [0.25, 0.3) is 0 Å². The number of nitriles is 1. The smallest absolute Gasteiger partial charge is 0.271 e. The molecular formula is C11H8F5N3S. The van der Waals surface area contributed by atoms with Crippen LogP contribution in [0.2, 0.25) is 0 Å². The Hall–Kier alpha value is -1.82. The summed E-state index contributed by atoms with van der Waals surface area (Å²) < 4.78 is 63.1. The van der Waals surface area contributed by atoms with Crippen LogP contribution in [-0.2, 0) is 5.92 Å². The van der Waals surface area contributed by atoms with E-state index in [9.17, 15) is 22.0 Å². The fourth-order valence-corrected chi connectivity index (χ4v) is 1.57. The van der Waals surface area contributed by atoms with Crippen LogP contribution >= 0.6 is 11.8 Å². The van der Waals surface area contributed by atoms with Gasteiger partial charge in [-0.05, 0) is 18.4 Å². The number of hydrogen-bond donors (Lipinski definition) is 1. The summed E-state index contributed by atoms with van der Waals surface area (Å²) >= 11 is 1.01. The monoisotopic (exact) mass is 309 g/mol. The Morgan fingerprint density at radius 2 is 1.95 bits per heavy atom. The molecule has 0 aliphatic heterocycles. The second-order valence-electron chi connectivity index (χ2n) is 3.48. The van der Waals surface area contributed by atoms with Crippen LogP contribution in [0.4, 0.5) is 27.6 Å². The van der Waals surface area contributed by atoms with Crippen LogP contribution in [0, 0.1) is 11.5 Å². The molecule has 0 amide bonds. The Morgan fingerprint density at radius 1 is 1.30 bits per heavy atom. The number of nitrogens with one attached hydrogen (secondary N) is 1. The summed E-state index contributed by atoms with van der Waals surface area (Å²) in [6.45, 7) is 0. The summed E-state index contributed by atoms with van der Waals surface area (Å²) in [4.78, 5) is 3.77. The Morgan fingerprint density at radius 3 is 2.45 bits per heavy atom. The maximum Gasteiger partial charge on any atom is 0.458 e. The van der Waals surface area contributed by atoms with Gasteiger partial charge in [-0.3, -0.25) is 5.32 Å². The van der Waals surface area contributed by atoms with Crippen LogP contribution in [0.15, 0.2) is 29.3 Å². The summed E-state index contributed by atoms with van der Waals surface area (Å²) in [6.07, 6.45) is -2.53. The molecule has 20 heavy (non-hydrogen) atoms. The van der Waals surface area contributed by atoms with Gasteiger partial charge in [-0.15, -0.1) is 0 Å². The average molecular weight is 309 g/mol. The highest BCUT2D eigenvalue weighted by molar-refractivity contribution is 8.13. The molecule has 0 spiro atoms. The van der Waals surface area contributed by atoms with Gasteiger partial charge in [0.2, 0.25) is 0 Å². The maximum atomic E-state index is 13.2. The quantitative estimate of drug-likeness (QED) is 0.297. The highest BCUT2D eigenvalue weighted by atomic mass is 32.2. The Bertz CT molecular complexity index is 548. The van der Waals surface area contributed by atoms with Gasteiger partial charge >= 0.3 is 12.1 Å². The molecule has 1 N–H and O–H groups in total. The topological polar surface area (TPSA) is 48.2 Å². The van der Waals surface area contributed by atoms with E-state index in [2.05, 4.69) is 10.3 Å². The van der Waals surface area contributed by atoms with Crippen molar-refractivity contribution in [2.75, 3.05) is 6.26 Å². The predicted octanol–water partition coefficient (Wildman–Crippen LogP) is 3.76.